The van der Waals surface area contributed by atoms with Gasteiger partial charge in [0.25, 0.3) is 0 Å². The van der Waals surface area contributed by atoms with Crippen LogP contribution in [0.5, 0.6) is 0 Å². The molecule has 0 atom stereocenters. The first-order valence-electron chi connectivity index (χ1n) is 13.1. The highest BCUT2D eigenvalue weighted by Crippen LogP contribution is 2.41. The van der Waals surface area contributed by atoms with Gasteiger partial charge in [-0.1, -0.05) is 66.7 Å². The number of carbonyl (C=O) groups excluding carboxylic acids is 1. The number of carbonyl (C=O) groups is 1. The molecule has 1 aliphatic carbocycles. The summed E-state index contributed by atoms with van der Waals surface area (Å²) < 4.78 is 8.50. The number of rotatable bonds is 12. The third-order valence-corrected chi connectivity index (χ3v) is 7.80. The van der Waals surface area contributed by atoms with Gasteiger partial charge in [0.2, 0.25) is 0 Å². The van der Waals surface area contributed by atoms with Crippen molar-refractivity contribution in [3.63, 3.8) is 0 Å². The van der Waals surface area contributed by atoms with Gasteiger partial charge >= 0.3 is 5.97 Å². The van der Waals surface area contributed by atoms with Crippen molar-refractivity contribution >= 4 is 52.5 Å². The van der Waals surface area contributed by atoms with Gasteiger partial charge in [0.15, 0.2) is 5.34 Å². The summed E-state index contributed by atoms with van der Waals surface area (Å²) in [7, 11) is 1.99. The van der Waals surface area contributed by atoms with Crippen LogP contribution in [0, 0.1) is 9.81 Å². The Morgan fingerprint density at radius 3 is 2.27 bits per heavy atom. The van der Waals surface area contributed by atoms with E-state index < -0.39 is 5.60 Å². The van der Waals surface area contributed by atoms with E-state index in [1.807, 2.05) is 31.3 Å². The van der Waals surface area contributed by atoms with Crippen molar-refractivity contribution in [1.82, 2.24) is 4.90 Å². The van der Waals surface area contributed by atoms with E-state index in [1.165, 1.54) is 18.4 Å². The topological polar surface area (TPSA) is 110 Å². The Bertz CT molecular complexity index is 1090. The molecule has 0 radical (unpaired) electrons. The van der Waals surface area contributed by atoms with Crippen molar-refractivity contribution in [2.24, 2.45) is 9.92 Å². The fourth-order valence-corrected chi connectivity index (χ4v) is 5.71. The fraction of sp³-hybridized carbons (Fsp3) is 0.536. The Labute approximate surface area is 250 Å². The van der Waals surface area contributed by atoms with Crippen LogP contribution in [0.3, 0.4) is 0 Å². The summed E-state index contributed by atoms with van der Waals surface area (Å²) in [6.45, 7) is 6.92. The summed E-state index contributed by atoms with van der Waals surface area (Å²) >= 11 is 13.7. The Kier molecular flexibility index (Phi) is 14.2. The van der Waals surface area contributed by atoms with E-state index in [2.05, 4.69) is 25.0 Å². The molecule has 0 spiro atoms. The van der Waals surface area contributed by atoms with Crippen molar-refractivity contribution in [1.29, 1.82) is 0 Å². The SMILES string of the molecule is CC(C)(C)ON=O.CN(CCOC(=O)Cc1ccccc1Nc1c(Cl)cccc1Cl)CC1(SN=O)CCCCC1. The van der Waals surface area contributed by atoms with Crippen LogP contribution in [0.15, 0.2) is 52.4 Å². The minimum atomic E-state index is -0.429. The van der Waals surface area contributed by atoms with Gasteiger partial charge in [-0.3, -0.25) is 4.79 Å². The third kappa shape index (κ3) is 12.0. The van der Waals surface area contributed by atoms with Crippen LogP contribution in [0.2, 0.25) is 10.0 Å². The van der Waals surface area contributed by atoms with Crippen molar-refractivity contribution < 1.29 is 14.4 Å². The quantitative estimate of drug-likeness (QED) is 0.110. The maximum Gasteiger partial charge on any atom is 0.310 e. The summed E-state index contributed by atoms with van der Waals surface area (Å²) in [5.74, 6) is -0.306. The highest BCUT2D eigenvalue weighted by atomic mass is 35.5. The molecule has 0 bridgehead atoms. The summed E-state index contributed by atoms with van der Waals surface area (Å²) in [4.78, 5) is 39.2. The van der Waals surface area contributed by atoms with Gasteiger partial charge in [-0.25, -0.2) is 0 Å². The van der Waals surface area contributed by atoms with E-state index in [0.29, 0.717) is 22.3 Å². The van der Waals surface area contributed by atoms with Gasteiger partial charge in [0.1, 0.15) is 12.2 Å². The number of esters is 1. The van der Waals surface area contributed by atoms with Crippen LogP contribution in [-0.2, 0) is 20.8 Å². The van der Waals surface area contributed by atoms with E-state index in [4.69, 9.17) is 27.9 Å². The second-order valence-electron chi connectivity index (χ2n) is 10.7. The predicted octanol–water partition coefficient (Wildman–Crippen LogP) is 8.35. The van der Waals surface area contributed by atoms with Gasteiger partial charge < -0.3 is 19.8 Å². The largest absolute Gasteiger partial charge is 0.464 e. The van der Waals surface area contributed by atoms with E-state index in [9.17, 15) is 14.6 Å². The zero-order valence-corrected chi connectivity index (χ0v) is 25.8. The molecule has 0 amide bonds. The Hall–Kier alpha value is -2.40. The van der Waals surface area contributed by atoms with Crippen LogP contribution >= 0.6 is 35.1 Å². The van der Waals surface area contributed by atoms with Crippen LogP contribution in [-0.4, -0.2) is 48.0 Å². The normalized spacial score (nSPS) is 14.5. The monoisotopic (exact) mass is 612 g/mol. The average Bonchev–Trinajstić information content (AvgIpc) is 2.87. The lowest BCUT2D eigenvalue weighted by molar-refractivity contribution is -0.143. The number of anilines is 2. The molecule has 220 valence electrons. The lowest BCUT2D eigenvalue weighted by Gasteiger charge is -2.36. The molecule has 2 aromatic rings. The van der Waals surface area contributed by atoms with Crippen molar-refractivity contribution in [3.8, 4) is 0 Å². The fourth-order valence-electron chi connectivity index (χ4n) is 4.31. The van der Waals surface area contributed by atoms with Crippen molar-refractivity contribution in [2.45, 2.75) is 69.6 Å². The zero-order valence-electron chi connectivity index (χ0n) is 23.5. The molecule has 0 aliphatic heterocycles. The number of nitrogens with zero attached hydrogens (tertiary/aromatic N) is 3. The first kappa shape index (κ1) is 33.8. The number of ether oxygens (including phenoxy) is 1. The molecule has 2 aromatic carbocycles. The summed E-state index contributed by atoms with van der Waals surface area (Å²) in [5.41, 5.74) is 1.71. The molecular formula is C28H38Cl2N4O5S. The molecule has 0 unspecified atom stereocenters. The minimum absolute atomic E-state index is 0.122. The lowest BCUT2D eigenvalue weighted by atomic mass is 9.88. The molecule has 1 fully saturated rings. The minimum Gasteiger partial charge on any atom is -0.464 e. The highest BCUT2D eigenvalue weighted by molar-refractivity contribution is 7.99. The van der Waals surface area contributed by atoms with Gasteiger partial charge in [-0.2, -0.15) is 0 Å². The number of likely N-dealkylation sites (N-methyl/N-ethyl adjacent to an activating group) is 1. The summed E-state index contributed by atoms with van der Waals surface area (Å²) in [6, 6.07) is 12.8. The first-order chi connectivity index (χ1) is 19.0. The molecule has 1 N–H and O–H groups in total. The number of benzene rings is 2. The number of para-hydroxylation sites is 2. The molecule has 0 aromatic heterocycles. The average molecular weight is 614 g/mol. The standard InChI is InChI=1S/C24H29Cl2N3O3S.C4H9NO2/c1-29(17-24(33-28-31)12-5-2-6-13-24)14-15-32-22(30)16-18-8-3-4-11-21(18)27-23-19(25)9-7-10-20(23)26;1-4(2,3)7-5-6/h3-4,7-11,27H,2,5-6,12-17H2,1H3;1-3H3. The number of halogens is 2. The molecule has 1 saturated carbocycles. The number of hydrogen-bond donors (Lipinski definition) is 1. The van der Waals surface area contributed by atoms with Crippen LogP contribution in [0.1, 0.15) is 58.4 Å². The summed E-state index contributed by atoms with van der Waals surface area (Å²) in [6.07, 6.45) is 5.57. The van der Waals surface area contributed by atoms with Crippen LogP contribution < -0.4 is 5.32 Å². The highest BCUT2D eigenvalue weighted by Gasteiger charge is 2.35. The van der Waals surface area contributed by atoms with Crippen LogP contribution in [0.4, 0.5) is 11.4 Å². The molecule has 40 heavy (non-hydrogen) atoms. The van der Waals surface area contributed by atoms with E-state index in [1.54, 1.807) is 39.0 Å². The van der Waals surface area contributed by atoms with Gasteiger partial charge in [-0.05, 0) is 64.4 Å². The summed E-state index contributed by atoms with van der Waals surface area (Å²) in [5, 5.41) is 6.49. The predicted molar refractivity (Wildman–Crippen MR) is 164 cm³/mol. The smallest absolute Gasteiger partial charge is 0.310 e. The van der Waals surface area contributed by atoms with E-state index in [0.717, 1.165) is 43.5 Å². The van der Waals surface area contributed by atoms with Crippen molar-refractivity contribution in [3.05, 3.63) is 67.9 Å². The molecule has 1 aliphatic rings. The molecule has 0 saturated heterocycles. The van der Waals surface area contributed by atoms with Gasteiger partial charge in [-0.15, -0.1) is 9.81 Å². The third-order valence-electron chi connectivity index (χ3n) is 6.18. The van der Waals surface area contributed by atoms with Gasteiger partial charge in [0, 0.05) is 35.3 Å². The maximum atomic E-state index is 12.5. The van der Waals surface area contributed by atoms with Crippen molar-refractivity contribution in [2.75, 3.05) is 32.1 Å². The second-order valence-corrected chi connectivity index (χ2v) is 12.7. The molecule has 3 rings (SSSR count). The van der Waals surface area contributed by atoms with Gasteiger partial charge in [0.05, 0.1) is 26.9 Å². The van der Waals surface area contributed by atoms with E-state index in [-0.39, 0.29) is 23.7 Å². The molecule has 0 heterocycles. The number of nitrogens with one attached hydrogen (secondary N) is 1. The number of nitroso groups, excluding NO2 is 1. The molecule has 12 heteroatoms. The first-order valence-corrected chi connectivity index (χ1v) is 14.7. The maximum absolute atomic E-state index is 12.5. The Morgan fingerprint density at radius 1 is 1.05 bits per heavy atom. The zero-order chi connectivity index (χ0) is 29.6. The Morgan fingerprint density at radius 2 is 1.70 bits per heavy atom. The second kappa shape index (κ2) is 16.8. The molecule has 9 nitrogen and oxygen atoms in total. The van der Waals surface area contributed by atoms with Crippen LogP contribution in [0.25, 0.3) is 0 Å². The number of hydrogen-bond acceptors (Lipinski definition) is 10. The van der Waals surface area contributed by atoms with E-state index >= 15 is 0 Å². The Balaban J connectivity index is 0.000000708. The lowest BCUT2D eigenvalue weighted by Crippen LogP contribution is -2.41. The molecular weight excluding hydrogens is 575 g/mol.